The second-order valence-electron chi connectivity index (χ2n) is 2.72. The second-order valence-corrected chi connectivity index (χ2v) is 3.64. The maximum Gasteiger partial charge on any atom is 0.213 e. The largest absolute Gasteiger partial charge is 0.478 e. The minimum Gasteiger partial charge on any atom is -0.478 e. The van der Waals surface area contributed by atoms with Crippen LogP contribution in [0.5, 0.6) is 0 Å². The molecular formula is C10H12BrNO. The Bertz CT molecular complexity index is 323. The summed E-state index contributed by atoms with van der Waals surface area (Å²) in [4.78, 5) is 0. The van der Waals surface area contributed by atoms with Gasteiger partial charge in [-0.1, -0.05) is 22.0 Å². The van der Waals surface area contributed by atoms with Gasteiger partial charge in [-0.2, -0.15) is 0 Å². The Balaban J connectivity index is 2.99. The van der Waals surface area contributed by atoms with Crippen LogP contribution in [0, 0.1) is 12.3 Å². The normalized spacial score (nSPS) is 9.77. The van der Waals surface area contributed by atoms with E-state index in [0.717, 1.165) is 15.6 Å². The summed E-state index contributed by atoms with van der Waals surface area (Å²) < 4.78 is 6.10. The number of benzene rings is 1. The highest BCUT2D eigenvalue weighted by atomic mass is 79.9. The van der Waals surface area contributed by atoms with E-state index in [-0.39, 0.29) is 5.90 Å². The highest BCUT2D eigenvalue weighted by Crippen LogP contribution is 2.16. The smallest absolute Gasteiger partial charge is 0.213 e. The van der Waals surface area contributed by atoms with E-state index in [1.54, 1.807) is 0 Å². The van der Waals surface area contributed by atoms with Gasteiger partial charge in [0.25, 0.3) is 0 Å². The Morgan fingerprint density at radius 1 is 1.54 bits per heavy atom. The first-order valence-electron chi connectivity index (χ1n) is 4.13. The molecule has 0 amide bonds. The fourth-order valence-corrected chi connectivity index (χ4v) is 1.42. The molecule has 70 valence electrons. The van der Waals surface area contributed by atoms with Crippen molar-refractivity contribution < 1.29 is 4.74 Å². The average Bonchev–Trinajstić information content (AvgIpc) is 2.09. The number of hydrogen-bond donors (Lipinski definition) is 1. The van der Waals surface area contributed by atoms with Crippen molar-refractivity contribution in [1.29, 1.82) is 5.41 Å². The Kier molecular flexibility index (Phi) is 3.48. The van der Waals surface area contributed by atoms with Crippen LogP contribution in [-0.4, -0.2) is 12.5 Å². The molecule has 0 saturated carbocycles. The molecule has 1 aromatic rings. The van der Waals surface area contributed by atoms with Crippen molar-refractivity contribution in [3.63, 3.8) is 0 Å². The van der Waals surface area contributed by atoms with Gasteiger partial charge in [-0.25, -0.2) is 0 Å². The number of nitrogens with one attached hydrogen (secondary N) is 1. The minimum atomic E-state index is 0.237. The molecular weight excluding hydrogens is 230 g/mol. The van der Waals surface area contributed by atoms with E-state index in [2.05, 4.69) is 15.9 Å². The van der Waals surface area contributed by atoms with E-state index < -0.39 is 0 Å². The number of halogens is 1. The summed E-state index contributed by atoms with van der Waals surface area (Å²) in [5.41, 5.74) is 1.90. The molecule has 2 nitrogen and oxygen atoms in total. The summed E-state index contributed by atoms with van der Waals surface area (Å²) in [6.07, 6.45) is 0. The van der Waals surface area contributed by atoms with Gasteiger partial charge in [-0.15, -0.1) is 0 Å². The topological polar surface area (TPSA) is 33.1 Å². The van der Waals surface area contributed by atoms with Crippen LogP contribution in [0.4, 0.5) is 0 Å². The Labute approximate surface area is 86.6 Å². The number of aryl methyl sites for hydroxylation is 1. The van der Waals surface area contributed by atoms with Gasteiger partial charge in [-0.3, -0.25) is 5.41 Å². The molecule has 1 aromatic carbocycles. The summed E-state index contributed by atoms with van der Waals surface area (Å²) in [7, 11) is 0. The van der Waals surface area contributed by atoms with Gasteiger partial charge < -0.3 is 4.74 Å². The first-order valence-corrected chi connectivity index (χ1v) is 4.92. The molecule has 0 radical (unpaired) electrons. The van der Waals surface area contributed by atoms with Crippen LogP contribution < -0.4 is 0 Å². The van der Waals surface area contributed by atoms with E-state index in [4.69, 9.17) is 10.1 Å². The lowest BCUT2D eigenvalue weighted by Crippen LogP contribution is -2.06. The highest BCUT2D eigenvalue weighted by Gasteiger charge is 2.05. The molecule has 0 aliphatic rings. The van der Waals surface area contributed by atoms with E-state index in [0.29, 0.717) is 6.61 Å². The quantitative estimate of drug-likeness (QED) is 0.627. The lowest BCUT2D eigenvalue weighted by atomic mass is 10.1. The molecule has 0 aromatic heterocycles. The van der Waals surface area contributed by atoms with Crippen molar-refractivity contribution >= 4 is 21.8 Å². The van der Waals surface area contributed by atoms with Crippen LogP contribution in [0.15, 0.2) is 22.7 Å². The van der Waals surface area contributed by atoms with E-state index in [1.807, 2.05) is 32.0 Å². The van der Waals surface area contributed by atoms with Crippen molar-refractivity contribution in [2.45, 2.75) is 13.8 Å². The molecule has 1 rings (SSSR count). The van der Waals surface area contributed by atoms with Crippen LogP contribution in [0.1, 0.15) is 18.1 Å². The van der Waals surface area contributed by atoms with Gasteiger partial charge in [0.15, 0.2) is 0 Å². The van der Waals surface area contributed by atoms with Gasteiger partial charge in [0.05, 0.1) is 6.61 Å². The Morgan fingerprint density at radius 2 is 2.23 bits per heavy atom. The molecule has 13 heavy (non-hydrogen) atoms. The van der Waals surface area contributed by atoms with Gasteiger partial charge in [-0.05, 0) is 31.5 Å². The van der Waals surface area contributed by atoms with Crippen molar-refractivity contribution in [3.8, 4) is 0 Å². The summed E-state index contributed by atoms with van der Waals surface area (Å²) in [6.45, 7) is 4.38. The Hall–Kier alpha value is -0.830. The molecule has 0 atom stereocenters. The zero-order chi connectivity index (χ0) is 9.84. The molecule has 3 heteroatoms. The summed E-state index contributed by atoms with van der Waals surface area (Å²) in [5, 5.41) is 7.62. The van der Waals surface area contributed by atoms with Crippen molar-refractivity contribution in [2.24, 2.45) is 0 Å². The average molecular weight is 242 g/mol. The number of ether oxygens (including phenoxy) is 1. The van der Waals surface area contributed by atoms with Crippen molar-refractivity contribution in [2.75, 3.05) is 6.61 Å². The summed E-state index contributed by atoms with van der Waals surface area (Å²) in [5.74, 6) is 0.237. The van der Waals surface area contributed by atoms with Crippen LogP contribution in [0.2, 0.25) is 0 Å². The fraction of sp³-hybridized carbons (Fsp3) is 0.300. The Morgan fingerprint density at radius 3 is 2.85 bits per heavy atom. The molecule has 1 N–H and O–H groups in total. The zero-order valence-electron chi connectivity index (χ0n) is 7.73. The first-order chi connectivity index (χ1) is 6.15. The third kappa shape index (κ3) is 2.56. The van der Waals surface area contributed by atoms with Gasteiger partial charge in [0.2, 0.25) is 5.90 Å². The van der Waals surface area contributed by atoms with E-state index in [1.165, 1.54) is 0 Å². The van der Waals surface area contributed by atoms with Gasteiger partial charge in [0, 0.05) is 10.0 Å². The third-order valence-corrected chi connectivity index (χ3v) is 2.23. The maximum atomic E-state index is 7.62. The van der Waals surface area contributed by atoms with Crippen LogP contribution in [-0.2, 0) is 4.74 Å². The molecule has 0 spiro atoms. The lowest BCUT2D eigenvalue weighted by Gasteiger charge is -2.07. The third-order valence-electron chi connectivity index (χ3n) is 1.73. The van der Waals surface area contributed by atoms with Crippen LogP contribution in [0.3, 0.4) is 0 Å². The molecule has 0 fully saturated rings. The van der Waals surface area contributed by atoms with Crippen LogP contribution >= 0.6 is 15.9 Å². The molecule has 0 aliphatic carbocycles. The second kappa shape index (κ2) is 4.42. The van der Waals surface area contributed by atoms with Crippen molar-refractivity contribution in [1.82, 2.24) is 0 Å². The number of hydrogen-bond acceptors (Lipinski definition) is 2. The van der Waals surface area contributed by atoms with Gasteiger partial charge >= 0.3 is 0 Å². The summed E-state index contributed by atoms with van der Waals surface area (Å²) in [6, 6.07) is 5.82. The number of rotatable bonds is 2. The molecule has 0 bridgehead atoms. The fourth-order valence-electron chi connectivity index (χ4n) is 1.06. The maximum absolute atomic E-state index is 7.62. The molecule has 0 saturated heterocycles. The predicted octanol–water partition coefficient (Wildman–Crippen LogP) is 3.12. The van der Waals surface area contributed by atoms with Crippen molar-refractivity contribution in [3.05, 3.63) is 33.8 Å². The van der Waals surface area contributed by atoms with Gasteiger partial charge in [0.1, 0.15) is 0 Å². The summed E-state index contributed by atoms with van der Waals surface area (Å²) >= 11 is 3.36. The monoisotopic (exact) mass is 241 g/mol. The standard InChI is InChI=1S/C10H12BrNO/c1-3-13-10(12)9-6-8(11)5-4-7(9)2/h4-6,12H,3H2,1-2H3. The van der Waals surface area contributed by atoms with E-state index >= 15 is 0 Å². The minimum absolute atomic E-state index is 0.237. The lowest BCUT2D eigenvalue weighted by molar-refractivity contribution is 0.325. The zero-order valence-corrected chi connectivity index (χ0v) is 9.31. The SMILES string of the molecule is CCOC(=N)c1cc(Br)ccc1C. The first kappa shape index (κ1) is 10.3. The predicted molar refractivity (Wildman–Crippen MR) is 57.3 cm³/mol. The molecule has 0 unspecified atom stereocenters. The molecule has 0 aliphatic heterocycles. The van der Waals surface area contributed by atoms with Crippen LogP contribution in [0.25, 0.3) is 0 Å². The highest BCUT2D eigenvalue weighted by molar-refractivity contribution is 9.10. The van der Waals surface area contributed by atoms with E-state index in [9.17, 15) is 0 Å². The molecule has 0 heterocycles.